The van der Waals surface area contributed by atoms with E-state index in [1.807, 2.05) is 12.1 Å². The lowest BCUT2D eigenvalue weighted by Crippen LogP contribution is -2.26. The Bertz CT molecular complexity index is 963. The Morgan fingerprint density at radius 1 is 1.00 bits per heavy atom. The van der Waals surface area contributed by atoms with Gasteiger partial charge in [-0.3, -0.25) is 14.2 Å². The molecule has 0 unspecified atom stereocenters. The number of para-hydroxylation sites is 1. The lowest BCUT2D eigenvalue weighted by Gasteiger charge is -2.17. The molecule has 24 heavy (non-hydrogen) atoms. The van der Waals surface area contributed by atoms with Crippen LogP contribution in [0.15, 0.2) is 65.5 Å². The van der Waals surface area contributed by atoms with E-state index >= 15 is 0 Å². The third kappa shape index (κ3) is 2.61. The van der Waals surface area contributed by atoms with Gasteiger partial charge in [0.25, 0.3) is 5.56 Å². The number of benzene rings is 2. The first-order chi connectivity index (χ1) is 11.5. The fraction of sp³-hybridized carbons (Fsp3) is 0.0526. The Morgan fingerprint density at radius 3 is 2.08 bits per heavy atom. The number of hydrogen-bond acceptors (Lipinski definition) is 3. The van der Waals surface area contributed by atoms with E-state index in [1.54, 1.807) is 48.5 Å². The molecule has 0 saturated carbocycles. The number of carbonyl (C=O) groups excluding carboxylic acids is 1. The zero-order chi connectivity index (χ0) is 17.3. The van der Waals surface area contributed by atoms with Gasteiger partial charge in [-0.15, -0.1) is 0 Å². The highest BCUT2D eigenvalue weighted by atomic mass is 35.5. The Hall–Kier alpha value is -2.85. The number of pyridine rings is 1. The molecule has 1 N–H and O–H groups in total. The van der Waals surface area contributed by atoms with Gasteiger partial charge in [0.1, 0.15) is 10.6 Å². The van der Waals surface area contributed by atoms with Gasteiger partial charge in [-0.25, -0.2) is 0 Å². The van der Waals surface area contributed by atoms with Gasteiger partial charge >= 0.3 is 0 Å². The third-order valence-electron chi connectivity index (χ3n) is 3.71. The van der Waals surface area contributed by atoms with Crippen LogP contribution in [-0.4, -0.2) is 15.5 Å². The second-order valence-corrected chi connectivity index (χ2v) is 5.66. The van der Waals surface area contributed by atoms with Gasteiger partial charge in [0.15, 0.2) is 11.5 Å². The Labute approximate surface area is 143 Å². The molecule has 0 aliphatic heterocycles. The number of ketones is 1. The van der Waals surface area contributed by atoms with Crippen molar-refractivity contribution in [1.29, 1.82) is 0 Å². The Morgan fingerprint density at radius 2 is 1.54 bits per heavy atom. The molecule has 120 valence electrons. The molecule has 0 aliphatic carbocycles. The molecule has 1 heterocycles. The van der Waals surface area contributed by atoms with Gasteiger partial charge in [0, 0.05) is 11.3 Å². The van der Waals surface area contributed by atoms with Crippen molar-refractivity contribution in [2.24, 2.45) is 0 Å². The first-order valence-corrected chi connectivity index (χ1v) is 7.69. The van der Waals surface area contributed by atoms with E-state index in [4.69, 9.17) is 11.6 Å². The second kappa shape index (κ2) is 6.34. The van der Waals surface area contributed by atoms with Crippen LogP contribution in [0.4, 0.5) is 0 Å². The van der Waals surface area contributed by atoms with E-state index in [1.165, 1.54) is 11.5 Å². The number of nitrogens with zero attached hydrogens (tertiary/aromatic N) is 1. The molecule has 3 rings (SSSR count). The van der Waals surface area contributed by atoms with E-state index in [0.29, 0.717) is 16.9 Å². The summed E-state index contributed by atoms with van der Waals surface area (Å²) in [6.07, 6.45) is 0. The SMILES string of the molecule is CC(=O)c1c(O)c(Cl)c(-c2ccccc2)n(-c2ccccc2)c1=O. The highest BCUT2D eigenvalue weighted by molar-refractivity contribution is 6.35. The molecule has 0 atom stereocenters. The molecule has 0 radical (unpaired) electrons. The van der Waals surface area contributed by atoms with Crippen LogP contribution in [0.25, 0.3) is 16.9 Å². The van der Waals surface area contributed by atoms with Crippen molar-refractivity contribution < 1.29 is 9.90 Å². The van der Waals surface area contributed by atoms with Gasteiger partial charge in [-0.1, -0.05) is 60.1 Å². The number of Topliss-reactive ketones (excluding diaryl/α,β-unsaturated/α-hetero) is 1. The van der Waals surface area contributed by atoms with Gasteiger partial charge in [-0.2, -0.15) is 0 Å². The third-order valence-corrected chi connectivity index (χ3v) is 4.06. The molecule has 0 bridgehead atoms. The summed E-state index contributed by atoms with van der Waals surface area (Å²) in [5.74, 6) is -1.02. The van der Waals surface area contributed by atoms with Gasteiger partial charge < -0.3 is 5.11 Å². The maximum atomic E-state index is 12.9. The van der Waals surface area contributed by atoms with Crippen molar-refractivity contribution in [2.75, 3.05) is 0 Å². The molecule has 5 heteroatoms. The molecule has 2 aromatic carbocycles. The van der Waals surface area contributed by atoms with Crippen molar-refractivity contribution in [3.63, 3.8) is 0 Å². The van der Waals surface area contributed by atoms with Crippen LogP contribution in [0.1, 0.15) is 17.3 Å². The molecule has 0 saturated heterocycles. The maximum Gasteiger partial charge on any atom is 0.270 e. The minimum Gasteiger partial charge on any atom is -0.505 e. The quantitative estimate of drug-likeness (QED) is 0.732. The van der Waals surface area contributed by atoms with Gasteiger partial charge in [-0.05, 0) is 19.1 Å². The molecular formula is C19H14ClNO3. The summed E-state index contributed by atoms with van der Waals surface area (Å²) in [5.41, 5.74) is 0.647. The highest BCUT2D eigenvalue weighted by Gasteiger charge is 2.24. The van der Waals surface area contributed by atoms with Crippen molar-refractivity contribution in [2.45, 2.75) is 6.92 Å². The van der Waals surface area contributed by atoms with Crippen molar-refractivity contribution in [1.82, 2.24) is 4.57 Å². The summed E-state index contributed by atoms with van der Waals surface area (Å²) in [7, 11) is 0. The first kappa shape index (κ1) is 16.0. The number of hydrogen-bond donors (Lipinski definition) is 1. The van der Waals surface area contributed by atoms with E-state index < -0.39 is 17.1 Å². The number of halogens is 1. The number of carbonyl (C=O) groups is 1. The van der Waals surface area contributed by atoms with Crippen molar-refractivity contribution in [3.8, 4) is 22.7 Å². The number of aromatic nitrogens is 1. The molecule has 0 spiro atoms. The van der Waals surface area contributed by atoms with Crippen LogP contribution in [0.2, 0.25) is 5.02 Å². The van der Waals surface area contributed by atoms with Crippen LogP contribution < -0.4 is 5.56 Å². The van der Waals surface area contributed by atoms with Crippen molar-refractivity contribution >= 4 is 17.4 Å². The predicted octanol–water partition coefficient (Wildman–Crippen LogP) is 4.07. The molecule has 3 aromatic rings. The molecule has 0 aliphatic rings. The standard InChI is InChI=1S/C19H14ClNO3/c1-12(22)15-18(23)16(20)17(13-8-4-2-5-9-13)21(19(15)24)14-10-6-3-7-11-14/h2-11,23H,1H3. The van der Waals surface area contributed by atoms with Gasteiger partial charge in [0.2, 0.25) is 0 Å². The summed E-state index contributed by atoms with van der Waals surface area (Å²) in [6, 6.07) is 17.9. The molecule has 0 amide bonds. The summed E-state index contributed by atoms with van der Waals surface area (Å²) >= 11 is 6.34. The molecule has 4 nitrogen and oxygen atoms in total. The molecule has 0 fully saturated rings. The minimum absolute atomic E-state index is 0.0325. The summed E-state index contributed by atoms with van der Waals surface area (Å²) in [4.78, 5) is 24.7. The first-order valence-electron chi connectivity index (χ1n) is 7.31. The van der Waals surface area contributed by atoms with Crippen LogP contribution >= 0.6 is 11.6 Å². The van der Waals surface area contributed by atoms with Gasteiger partial charge in [0.05, 0.1) is 5.69 Å². The fourth-order valence-corrected chi connectivity index (χ4v) is 2.92. The smallest absolute Gasteiger partial charge is 0.270 e. The van der Waals surface area contributed by atoms with E-state index in [9.17, 15) is 14.7 Å². The van der Waals surface area contributed by atoms with Crippen molar-refractivity contribution in [3.05, 3.63) is 81.6 Å². The predicted molar refractivity (Wildman–Crippen MR) is 94.2 cm³/mol. The maximum absolute atomic E-state index is 12.9. The lowest BCUT2D eigenvalue weighted by atomic mass is 10.1. The zero-order valence-electron chi connectivity index (χ0n) is 12.9. The van der Waals surface area contributed by atoms with E-state index in [-0.39, 0.29) is 10.6 Å². The Balaban J connectivity index is 2.49. The van der Waals surface area contributed by atoms with Crippen LogP contribution in [-0.2, 0) is 0 Å². The minimum atomic E-state index is -0.602. The zero-order valence-corrected chi connectivity index (χ0v) is 13.6. The van der Waals surface area contributed by atoms with E-state index in [0.717, 1.165) is 0 Å². The van der Waals surface area contributed by atoms with Crippen LogP contribution in [0.3, 0.4) is 0 Å². The summed E-state index contributed by atoms with van der Waals surface area (Å²) < 4.78 is 1.36. The molecule has 1 aromatic heterocycles. The Kier molecular flexibility index (Phi) is 4.23. The number of aromatic hydroxyl groups is 1. The van der Waals surface area contributed by atoms with Crippen LogP contribution in [0.5, 0.6) is 5.75 Å². The normalized spacial score (nSPS) is 10.6. The summed E-state index contributed by atoms with van der Waals surface area (Å²) in [6.45, 7) is 1.23. The summed E-state index contributed by atoms with van der Waals surface area (Å²) in [5, 5.41) is 10.3. The molecular weight excluding hydrogens is 326 g/mol. The monoisotopic (exact) mass is 339 g/mol. The largest absolute Gasteiger partial charge is 0.505 e. The number of rotatable bonds is 3. The highest BCUT2D eigenvalue weighted by Crippen LogP contribution is 2.36. The fourth-order valence-electron chi connectivity index (χ4n) is 2.63. The van der Waals surface area contributed by atoms with Crippen LogP contribution in [0, 0.1) is 0 Å². The lowest BCUT2D eigenvalue weighted by molar-refractivity contribution is 0.101. The second-order valence-electron chi connectivity index (χ2n) is 5.28. The average molecular weight is 340 g/mol. The van der Waals surface area contributed by atoms with E-state index in [2.05, 4.69) is 0 Å². The topological polar surface area (TPSA) is 59.3 Å². The average Bonchev–Trinajstić information content (AvgIpc) is 2.59.